The molecule has 1 N–H and O–H groups in total. The average Bonchev–Trinajstić information content (AvgIpc) is 2.76. The van der Waals surface area contributed by atoms with E-state index in [1.54, 1.807) is 32.9 Å². The third-order valence-corrected chi connectivity index (χ3v) is 5.72. The molecule has 5 nitrogen and oxygen atoms in total. The van der Waals surface area contributed by atoms with Crippen LogP contribution in [0, 0.1) is 13.8 Å². The normalized spacial score (nSPS) is 16.7. The molecule has 7 heteroatoms. The Hall–Kier alpha value is -2.18. The summed E-state index contributed by atoms with van der Waals surface area (Å²) in [6.45, 7) is 9.41. The molecule has 3 rings (SSSR count). The van der Waals surface area contributed by atoms with Gasteiger partial charge >= 0.3 is 5.97 Å². The van der Waals surface area contributed by atoms with E-state index in [4.69, 9.17) is 21.3 Å². The first-order valence-corrected chi connectivity index (χ1v) is 10.2. The Kier molecular flexibility index (Phi) is 5.64. The van der Waals surface area contributed by atoms with Gasteiger partial charge in [-0.25, -0.2) is 0 Å². The van der Waals surface area contributed by atoms with Gasteiger partial charge in [-0.05, 0) is 52.3 Å². The number of benzene rings is 1. The van der Waals surface area contributed by atoms with E-state index in [2.05, 4.69) is 5.32 Å². The first-order chi connectivity index (χ1) is 13.0. The van der Waals surface area contributed by atoms with Crippen LogP contribution in [0.5, 0.6) is 0 Å². The van der Waals surface area contributed by atoms with Crippen LogP contribution in [-0.2, 0) is 14.3 Å². The van der Waals surface area contributed by atoms with E-state index >= 15 is 0 Å². The number of thiophene rings is 1. The molecule has 0 bridgehead atoms. The minimum atomic E-state index is -0.861. The van der Waals surface area contributed by atoms with Gasteiger partial charge in [0.25, 0.3) is 0 Å². The molecule has 0 spiro atoms. The Morgan fingerprint density at radius 2 is 1.89 bits per heavy atom. The molecule has 0 aliphatic carbocycles. The lowest BCUT2D eigenvalue weighted by Crippen LogP contribution is -2.31. The number of nitrogens with one attached hydrogen (secondary N) is 1. The summed E-state index contributed by atoms with van der Waals surface area (Å²) in [7, 11) is 0. The second-order valence-corrected chi connectivity index (χ2v) is 9.43. The van der Waals surface area contributed by atoms with Gasteiger partial charge in [-0.1, -0.05) is 23.7 Å². The van der Waals surface area contributed by atoms with Crippen LogP contribution in [0.2, 0.25) is 5.02 Å². The summed E-state index contributed by atoms with van der Waals surface area (Å²) in [6.07, 6.45) is -0.118. The van der Waals surface area contributed by atoms with Crippen molar-refractivity contribution in [2.24, 2.45) is 4.99 Å². The smallest absolute Gasteiger partial charge is 0.309 e. The number of fused-ring (bicyclic) bond motifs is 1. The fourth-order valence-electron chi connectivity index (χ4n) is 2.98. The summed E-state index contributed by atoms with van der Waals surface area (Å²) >= 11 is 7.55. The Morgan fingerprint density at radius 3 is 2.50 bits per heavy atom. The highest BCUT2D eigenvalue weighted by atomic mass is 35.5. The van der Waals surface area contributed by atoms with E-state index in [1.807, 2.05) is 26.0 Å². The van der Waals surface area contributed by atoms with Crippen LogP contribution in [0.4, 0.5) is 5.00 Å². The third kappa shape index (κ3) is 4.45. The number of carbonyl (C=O) groups excluding carboxylic acids is 2. The van der Waals surface area contributed by atoms with Crippen molar-refractivity contribution in [1.29, 1.82) is 0 Å². The van der Waals surface area contributed by atoms with Gasteiger partial charge < -0.3 is 10.1 Å². The van der Waals surface area contributed by atoms with Crippen LogP contribution in [0.3, 0.4) is 0 Å². The summed E-state index contributed by atoms with van der Waals surface area (Å²) in [5, 5.41) is 4.32. The average molecular weight is 419 g/mol. The molecule has 2 heterocycles. The van der Waals surface area contributed by atoms with Crippen molar-refractivity contribution in [1.82, 2.24) is 0 Å². The molecule has 0 saturated carbocycles. The summed E-state index contributed by atoms with van der Waals surface area (Å²) in [5.74, 6) is -0.762. The van der Waals surface area contributed by atoms with Crippen LogP contribution < -0.4 is 5.32 Å². The maximum Gasteiger partial charge on any atom is 0.309 e. The molecule has 1 aromatic heterocycles. The molecule has 1 aromatic carbocycles. The summed E-state index contributed by atoms with van der Waals surface area (Å²) in [5.41, 5.74) is 2.86. The van der Waals surface area contributed by atoms with Crippen LogP contribution in [0.1, 0.15) is 48.8 Å². The third-order valence-electron chi connectivity index (χ3n) is 4.34. The fraction of sp³-hybridized carbons (Fsp3) is 0.381. The first-order valence-electron chi connectivity index (χ1n) is 9.02. The summed E-state index contributed by atoms with van der Waals surface area (Å²) in [6, 6.07) is 6.46. The number of esters is 1. The lowest BCUT2D eigenvalue weighted by atomic mass is 10.00. The molecule has 1 amide bonds. The zero-order chi connectivity index (χ0) is 20.6. The standard InChI is InChI=1S/C21H23ClN2O3S/c1-11-12(2)28-20-17(11)18(13-6-8-14(22)9-7-13)23-15(19(26)24-20)10-16(25)27-21(3,4)5/h6-9,15H,10H2,1-5H3,(H,24,26). The maximum atomic E-state index is 12.8. The number of hydrogen-bond acceptors (Lipinski definition) is 5. The Morgan fingerprint density at radius 1 is 1.25 bits per heavy atom. The molecular formula is C21H23ClN2O3S. The highest BCUT2D eigenvalue weighted by molar-refractivity contribution is 7.17. The van der Waals surface area contributed by atoms with Gasteiger partial charge in [0.1, 0.15) is 16.6 Å². The lowest BCUT2D eigenvalue weighted by Gasteiger charge is -2.20. The second kappa shape index (κ2) is 7.68. The summed E-state index contributed by atoms with van der Waals surface area (Å²) in [4.78, 5) is 30.9. The van der Waals surface area contributed by atoms with Gasteiger partial charge in [-0.15, -0.1) is 11.3 Å². The highest BCUT2D eigenvalue weighted by Crippen LogP contribution is 2.36. The predicted molar refractivity (Wildman–Crippen MR) is 114 cm³/mol. The number of rotatable bonds is 3. The van der Waals surface area contributed by atoms with Gasteiger partial charge in [0.05, 0.1) is 12.1 Å². The SMILES string of the molecule is Cc1sc2c(c1C)C(c1ccc(Cl)cc1)=NC(CC(=O)OC(C)(C)C)C(=O)N2. The minimum absolute atomic E-state index is 0.118. The number of aryl methyl sites for hydroxylation is 1. The van der Waals surface area contributed by atoms with E-state index < -0.39 is 17.6 Å². The number of halogens is 1. The Balaban J connectivity index is 2.06. The van der Waals surface area contributed by atoms with Crippen LogP contribution in [0.15, 0.2) is 29.3 Å². The zero-order valence-corrected chi connectivity index (χ0v) is 18.1. The molecule has 1 aliphatic heterocycles. The van der Waals surface area contributed by atoms with E-state index in [0.29, 0.717) is 10.7 Å². The second-order valence-electron chi connectivity index (χ2n) is 7.77. The van der Waals surface area contributed by atoms with Gasteiger partial charge in [-0.3, -0.25) is 14.6 Å². The van der Waals surface area contributed by atoms with E-state index in [-0.39, 0.29) is 12.3 Å². The van der Waals surface area contributed by atoms with Gasteiger partial charge in [0.15, 0.2) is 0 Å². The van der Waals surface area contributed by atoms with E-state index in [9.17, 15) is 9.59 Å². The van der Waals surface area contributed by atoms with Crippen LogP contribution >= 0.6 is 22.9 Å². The van der Waals surface area contributed by atoms with Crippen molar-refractivity contribution in [3.05, 3.63) is 50.9 Å². The van der Waals surface area contributed by atoms with Crippen molar-refractivity contribution in [3.63, 3.8) is 0 Å². The molecule has 28 heavy (non-hydrogen) atoms. The molecule has 1 aliphatic rings. The fourth-order valence-corrected chi connectivity index (χ4v) is 4.17. The quantitative estimate of drug-likeness (QED) is 0.720. The molecule has 1 unspecified atom stereocenters. The molecule has 2 aromatic rings. The number of nitrogens with zero attached hydrogens (tertiary/aromatic N) is 1. The monoisotopic (exact) mass is 418 g/mol. The largest absolute Gasteiger partial charge is 0.460 e. The highest BCUT2D eigenvalue weighted by Gasteiger charge is 2.31. The van der Waals surface area contributed by atoms with Crippen molar-refractivity contribution in [3.8, 4) is 0 Å². The van der Waals surface area contributed by atoms with Crippen LogP contribution in [-0.4, -0.2) is 29.2 Å². The first kappa shape index (κ1) is 20.6. The van der Waals surface area contributed by atoms with Crippen molar-refractivity contribution < 1.29 is 14.3 Å². The Bertz CT molecular complexity index is 955. The van der Waals surface area contributed by atoms with Crippen LogP contribution in [0.25, 0.3) is 0 Å². The number of hydrogen-bond donors (Lipinski definition) is 1. The van der Waals surface area contributed by atoms with Gasteiger partial charge in [-0.2, -0.15) is 0 Å². The van der Waals surface area contributed by atoms with E-state index in [0.717, 1.165) is 26.6 Å². The maximum absolute atomic E-state index is 12.8. The molecule has 0 radical (unpaired) electrons. The topological polar surface area (TPSA) is 67.8 Å². The molecule has 0 fully saturated rings. The number of ether oxygens (including phenoxy) is 1. The van der Waals surface area contributed by atoms with Crippen molar-refractivity contribution in [2.45, 2.75) is 52.7 Å². The summed E-state index contributed by atoms with van der Waals surface area (Å²) < 4.78 is 5.38. The molecule has 0 saturated heterocycles. The Labute approximate surface area is 173 Å². The number of aliphatic imine (C=N–C) groups is 1. The molecule has 1 atom stereocenters. The zero-order valence-electron chi connectivity index (χ0n) is 16.6. The van der Waals surface area contributed by atoms with Crippen molar-refractivity contribution in [2.75, 3.05) is 5.32 Å². The number of amides is 1. The van der Waals surface area contributed by atoms with Gasteiger partial charge in [0, 0.05) is 21.0 Å². The van der Waals surface area contributed by atoms with E-state index in [1.165, 1.54) is 11.3 Å². The predicted octanol–water partition coefficient (Wildman–Crippen LogP) is 4.91. The van der Waals surface area contributed by atoms with Gasteiger partial charge in [0.2, 0.25) is 5.91 Å². The van der Waals surface area contributed by atoms with Crippen molar-refractivity contribution >= 4 is 45.5 Å². The molecule has 148 valence electrons. The minimum Gasteiger partial charge on any atom is -0.460 e. The lowest BCUT2D eigenvalue weighted by molar-refractivity contribution is -0.155. The number of carbonyl (C=O) groups is 2. The molecular weight excluding hydrogens is 396 g/mol. The number of anilines is 1.